The summed E-state index contributed by atoms with van der Waals surface area (Å²) >= 11 is 0. The van der Waals surface area contributed by atoms with E-state index in [9.17, 15) is 0 Å². The van der Waals surface area contributed by atoms with Gasteiger partial charge in [-0.2, -0.15) is 0 Å². The normalized spacial score (nSPS) is 24.6. The quantitative estimate of drug-likeness (QED) is 0.858. The Bertz CT molecular complexity index is 600. The van der Waals surface area contributed by atoms with Crippen LogP contribution < -0.4 is 5.32 Å². The molecule has 0 aromatic heterocycles. The molecule has 1 fully saturated rings. The van der Waals surface area contributed by atoms with Gasteiger partial charge in [0.2, 0.25) is 0 Å². The molecule has 0 spiro atoms. The van der Waals surface area contributed by atoms with Gasteiger partial charge in [0, 0.05) is 17.0 Å². The maximum absolute atomic E-state index is 2.66. The van der Waals surface area contributed by atoms with Gasteiger partial charge >= 0.3 is 0 Å². The molecule has 0 saturated heterocycles. The SMILES string of the molecule is C[C@H]1CCCC[C@H]1[NH2+]C1c2ccccc2-c2ccccc21. The molecule has 0 heterocycles. The maximum atomic E-state index is 2.66. The zero-order valence-electron chi connectivity index (χ0n) is 12.8. The molecular formula is C20H24N+. The Labute approximate surface area is 127 Å². The van der Waals surface area contributed by atoms with E-state index in [0.29, 0.717) is 6.04 Å². The van der Waals surface area contributed by atoms with Crippen molar-refractivity contribution in [3.8, 4) is 11.1 Å². The molecule has 0 amide bonds. The minimum absolute atomic E-state index is 0.503. The van der Waals surface area contributed by atoms with Crippen LogP contribution in [0.15, 0.2) is 48.5 Å². The lowest BCUT2D eigenvalue weighted by atomic mass is 9.85. The Morgan fingerprint density at radius 1 is 0.810 bits per heavy atom. The van der Waals surface area contributed by atoms with E-state index < -0.39 is 0 Å². The van der Waals surface area contributed by atoms with Crippen LogP contribution in [0, 0.1) is 5.92 Å². The molecule has 1 heteroatoms. The smallest absolute Gasteiger partial charge is 0.139 e. The van der Waals surface area contributed by atoms with Crippen molar-refractivity contribution in [1.82, 2.24) is 0 Å². The van der Waals surface area contributed by atoms with Crippen molar-refractivity contribution in [2.75, 3.05) is 0 Å². The van der Waals surface area contributed by atoms with Crippen LogP contribution >= 0.6 is 0 Å². The number of quaternary nitrogens is 1. The molecule has 1 nitrogen and oxygen atoms in total. The highest BCUT2D eigenvalue weighted by Crippen LogP contribution is 2.41. The van der Waals surface area contributed by atoms with Gasteiger partial charge in [-0.3, -0.25) is 0 Å². The van der Waals surface area contributed by atoms with Crippen LogP contribution in [0.5, 0.6) is 0 Å². The zero-order chi connectivity index (χ0) is 14.2. The maximum Gasteiger partial charge on any atom is 0.139 e. The Balaban J connectivity index is 1.71. The molecule has 0 radical (unpaired) electrons. The predicted molar refractivity (Wildman–Crippen MR) is 87.1 cm³/mol. The standard InChI is InChI=1S/C20H23N/c1-14-8-2-7-13-19(14)21-20-17-11-5-3-9-15(17)16-10-4-6-12-18(16)20/h3-6,9-12,14,19-21H,2,7-8,13H2,1H3/p+1/t14-,19+/m0/s1. The van der Waals surface area contributed by atoms with Crippen LogP contribution in [-0.4, -0.2) is 6.04 Å². The Kier molecular flexibility index (Phi) is 3.31. The summed E-state index contributed by atoms with van der Waals surface area (Å²) in [6.45, 7) is 2.44. The number of nitrogens with two attached hydrogens (primary N) is 1. The second-order valence-electron chi connectivity index (χ2n) is 6.77. The van der Waals surface area contributed by atoms with Crippen LogP contribution in [0.3, 0.4) is 0 Å². The molecule has 4 rings (SSSR count). The van der Waals surface area contributed by atoms with E-state index in [2.05, 4.69) is 60.8 Å². The lowest BCUT2D eigenvalue weighted by Gasteiger charge is -2.29. The molecule has 2 aliphatic rings. The number of rotatable bonds is 2. The molecule has 108 valence electrons. The van der Waals surface area contributed by atoms with Crippen molar-refractivity contribution in [3.63, 3.8) is 0 Å². The molecule has 2 aliphatic carbocycles. The molecule has 2 aromatic carbocycles. The molecule has 0 bridgehead atoms. The first kappa shape index (κ1) is 13.1. The summed E-state index contributed by atoms with van der Waals surface area (Å²) < 4.78 is 0. The number of benzene rings is 2. The van der Waals surface area contributed by atoms with Gasteiger partial charge in [0.1, 0.15) is 6.04 Å². The molecule has 2 atom stereocenters. The largest absolute Gasteiger partial charge is 0.334 e. The summed E-state index contributed by atoms with van der Waals surface area (Å²) in [4.78, 5) is 0. The summed E-state index contributed by atoms with van der Waals surface area (Å²) in [6, 6.07) is 19.2. The van der Waals surface area contributed by atoms with Crippen molar-refractivity contribution >= 4 is 0 Å². The topological polar surface area (TPSA) is 16.6 Å². The van der Waals surface area contributed by atoms with E-state index in [1.54, 1.807) is 0 Å². The summed E-state index contributed by atoms with van der Waals surface area (Å²) in [5.74, 6) is 0.846. The highest BCUT2D eigenvalue weighted by molar-refractivity contribution is 5.77. The van der Waals surface area contributed by atoms with Crippen LogP contribution in [0.2, 0.25) is 0 Å². The molecule has 0 unspecified atom stereocenters. The monoisotopic (exact) mass is 278 g/mol. The summed E-state index contributed by atoms with van der Waals surface area (Å²) in [7, 11) is 0. The summed E-state index contributed by atoms with van der Waals surface area (Å²) in [5, 5.41) is 2.66. The number of fused-ring (bicyclic) bond motifs is 3. The van der Waals surface area contributed by atoms with Crippen molar-refractivity contribution in [1.29, 1.82) is 0 Å². The lowest BCUT2D eigenvalue weighted by molar-refractivity contribution is -0.726. The van der Waals surface area contributed by atoms with Crippen molar-refractivity contribution in [2.45, 2.75) is 44.7 Å². The Hall–Kier alpha value is -1.60. The molecule has 21 heavy (non-hydrogen) atoms. The van der Waals surface area contributed by atoms with Gasteiger partial charge in [0.05, 0.1) is 6.04 Å². The minimum atomic E-state index is 0.503. The summed E-state index contributed by atoms with van der Waals surface area (Å²) in [6.07, 6.45) is 5.60. The molecule has 0 aliphatic heterocycles. The third-order valence-corrected chi connectivity index (χ3v) is 5.50. The van der Waals surface area contributed by atoms with Crippen LogP contribution in [-0.2, 0) is 0 Å². The van der Waals surface area contributed by atoms with Crippen LogP contribution in [0.1, 0.15) is 49.8 Å². The van der Waals surface area contributed by atoms with Gasteiger partial charge in [-0.05, 0) is 30.4 Å². The van der Waals surface area contributed by atoms with Gasteiger partial charge < -0.3 is 5.32 Å². The van der Waals surface area contributed by atoms with E-state index in [1.165, 1.54) is 47.9 Å². The highest BCUT2D eigenvalue weighted by Gasteiger charge is 2.35. The fourth-order valence-electron chi connectivity index (χ4n) is 4.28. The van der Waals surface area contributed by atoms with Gasteiger partial charge in [-0.1, -0.05) is 61.9 Å². The van der Waals surface area contributed by atoms with Crippen molar-refractivity contribution < 1.29 is 5.32 Å². The third kappa shape index (κ3) is 2.20. The highest BCUT2D eigenvalue weighted by atomic mass is 15.0. The van der Waals surface area contributed by atoms with Crippen molar-refractivity contribution in [3.05, 3.63) is 59.7 Å². The summed E-state index contributed by atoms with van der Waals surface area (Å²) in [5.41, 5.74) is 5.91. The molecule has 2 N–H and O–H groups in total. The first-order valence-corrected chi connectivity index (χ1v) is 8.38. The molecule has 1 saturated carbocycles. The van der Waals surface area contributed by atoms with Crippen molar-refractivity contribution in [2.24, 2.45) is 5.92 Å². The van der Waals surface area contributed by atoms with Gasteiger partial charge in [-0.15, -0.1) is 0 Å². The van der Waals surface area contributed by atoms with E-state index in [-0.39, 0.29) is 0 Å². The average Bonchev–Trinajstić information content (AvgIpc) is 2.85. The third-order valence-electron chi connectivity index (χ3n) is 5.50. The second-order valence-corrected chi connectivity index (χ2v) is 6.77. The average molecular weight is 278 g/mol. The van der Waals surface area contributed by atoms with E-state index in [0.717, 1.165) is 12.0 Å². The Morgan fingerprint density at radius 2 is 1.38 bits per heavy atom. The van der Waals surface area contributed by atoms with E-state index >= 15 is 0 Å². The lowest BCUT2D eigenvalue weighted by Crippen LogP contribution is -2.92. The first-order valence-electron chi connectivity index (χ1n) is 8.38. The zero-order valence-corrected chi connectivity index (χ0v) is 12.8. The molecular weight excluding hydrogens is 254 g/mol. The predicted octanol–water partition coefficient (Wildman–Crippen LogP) is 3.90. The van der Waals surface area contributed by atoms with Gasteiger partial charge in [0.25, 0.3) is 0 Å². The first-order chi connectivity index (χ1) is 10.3. The minimum Gasteiger partial charge on any atom is -0.334 e. The fourth-order valence-corrected chi connectivity index (χ4v) is 4.28. The van der Waals surface area contributed by atoms with E-state index in [4.69, 9.17) is 0 Å². The van der Waals surface area contributed by atoms with Gasteiger partial charge in [0.15, 0.2) is 0 Å². The van der Waals surface area contributed by atoms with E-state index in [1.807, 2.05) is 0 Å². The van der Waals surface area contributed by atoms with Crippen LogP contribution in [0.25, 0.3) is 11.1 Å². The fraction of sp³-hybridized carbons (Fsp3) is 0.400. The van der Waals surface area contributed by atoms with Gasteiger partial charge in [-0.25, -0.2) is 0 Å². The second kappa shape index (κ2) is 5.31. The Morgan fingerprint density at radius 3 is 2.00 bits per heavy atom. The number of hydrogen-bond acceptors (Lipinski definition) is 0. The number of hydrogen-bond donors (Lipinski definition) is 1. The molecule has 2 aromatic rings. The van der Waals surface area contributed by atoms with Crippen LogP contribution in [0.4, 0.5) is 0 Å².